The Hall–Kier alpha value is -3.52. The van der Waals surface area contributed by atoms with Crippen LogP contribution >= 0.6 is 0 Å². The summed E-state index contributed by atoms with van der Waals surface area (Å²) in [6, 6.07) is 12.7. The van der Waals surface area contributed by atoms with Crippen molar-refractivity contribution in [3.63, 3.8) is 0 Å². The lowest BCUT2D eigenvalue weighted by Gasteiger charge is -2.31. The predicted octanol–water partition coefficient (Wildman–Crippen LogP) is 6.10. The number of ether oxygens (including phenoxy) is 1. The topological polar surface area (TPSA) is 71.0 Å². The van der Waals surface area contributed by atoms with Crippen molar-refractivity contribution in [2.24, 2.45) is 5.92 Å². The molecule has 7 nitrogen and oxygen atoms in total. The first-order valence-electron chi connectivity index (χ1n) is 14.0. The van der Waals surface area contributed by atoms with Gasteiger partial charge in [-0.05, 0) is 60.2 Å². The molecule has 0 amide bonds. The fourth-order valence-electron chi connectivity index (χ4n) is 5.83. The lowest BCUT2D eigenvalue weighted by molar-refractivity contribution is 0.0989. The molecule has 1 fully saturated rings. The van der Waals surface area contributed by atoms with Crippen molar-refractivity contribution >= 4 is 10.8 Å². The first kappa shape index (κ1) is 27.1. The maximum Gasteiger partial charge on any atom is 0.350 e. The summed E-state index contributed by atoms with van der Waals surface area (Å²) in [6.45, 7) is 9.03. The van der Waals surface area contributed by atoms with Crippen LogP contribution in [0.25, 0.3) is 16.5 Å². The number of pyridine rings is 1. The van der Waals surface area contributed by atoms with Crippen LogP contribution in [0.3, 0.4) is 0 Å². The first-order chi connectivity index (χ1) is 18.8. The van der Waals surface area contributed by atoms with Crippen LogP contribution in [0.2, 0.25) is 0 Å². The van der Waals surface area contributed by atoms with Crippen molar-refractivity contribution in [2.45, 2.75) is 85.1 Å². The van der Waals surface area contributed by atoms with Gasteiger partial charge in [-0.2, -0.15) is 4.68 Å². The van der Waals surface area contributed by atoms with E-state index in [0.29, 0.717) is 35.7 Å². The zero-order valence-electron chi connectivity index (χ0n) is 23.2. The summed E-state index contributed by atoms with van der Waals surface area (Å²) in [4.78, 5) is 26.9. The monoisotopic (exact) mass is 532 g/mol. The van der Waals surface area contributed by atoms with Gasteiger partial charge in [0.25, 0.3) is 5.56 Å². The van der Waals surface area contributed by atoms with E-state index in [-0.39, 0.29) is 29.8 Å². The van der Waals surface area contributed by atoms with Gasteiger partial charge in [0.15, 0.2) is 5.82 Å². The summed E-state index contributed by atoms with van der Waals surface area (Å²) in [5, 5.41) is 5.47. The minimum Gasteiger partial charge on any atom is -0.369 e. The van der Waals surface area contributed by atoms with Crippen molar-refractivity contribution in [1.29, 1.82) is 0 Å². The van der Waals surface area contributed by atoms with Crippen molar-refractivity contribution < 1.29 is 9.13 Å². The molecule has 0 bridgehead atoms. The molecule has 2 atom stereocenters. The van der Waals surface area contributed by atoms with Gasteiger partial charge in [0.2, 0.25) is 0 Å². The molecule has 206 valence electrons. The van der Waals surface area contributed by atoms with Crippen LogP contribution in [0.15, 0.2) is 58.3 Å². The molecule has 0 radical (unpaired) electrons. The number of rotatable bonds is 8. The van der Waals surface area contributed by atoms with E-state index in [4.69, 9.17) is 4.74 Å². The van der Waals surface area contributed by atoms with Gasteiger partial charge in [-0.15, -0.1) is 5.10 Å². The van der Waals surface area contributed by atoms with Crippen LogP contribution in [0.4, 0.5) is 4.39 Å². The molecule has 0 N–H and O–H groups in total. The molecule has 1 aliphatic carbocycles. The standard InChI is InChI=1S/C31H37FN4O3/c1-5-34-29(19-39-18-22-12-7-6-8-13-22)33-36(31(34)38)28-16-23-24(15-26(28)32)30(37)35(17-25(23)20(2)3)27-14-10-9-11-21(27)4/h6-8,12-13,15-17,20-21,27H,5,9-11,14,18-19H2,1-4H3/t21-,27-/m1/s1. The molecule has 4 aromatic rings. The summed E-state index contributed by atoms with van der Waals surface area (Å²) in [5.74, 6) is 0.257. The maximum atomic E-state index is 15.7. The van der Waals surface area contributed by atoms with Crippen molar-refractivity contribution in [1.82, 2.24) is 18.9 Å². The highest BCUT2D eigenvalue weighted by Crippen LogP contribution is 2.35. The number of fused-ring (bicyclic) bond motifs is 1. The van der Waals surface area contributed by atoms with Crippen molar-refractivity contribution in [3.05, 3.63) is 92.3 Å². The fraction of sp³-hybridized carbons (Fsp3) is 0.452. The van der Waals surface area contributed by atoms with Gasteiger partial charge in [0.1, 0.15) is 18.1 Å². The Labute approximate surface area is 227 Å². The van der Waals surface area contributed by atoms with Crippen LogP contribution < -0.4 is 11.2 Å². The van der Waals surface area contributed by atoms with Crippen LogP contribution in [0.5, 0.6) is 0 Å². The smallest absolute Gasteiger partial charge is 0.350 e. The second-order valence-electron chi connectivity index (χ2n) is 11.0. The second kappa shape index (κ2) is 11.3. The van der Waals surface area contributed by atoms with Crippen LogP contribution in [-0.4, -0.2) is 18.9 Å². The zero-order chi connectivity index (χ0) is 27.7. The van der Waals surface area contributed by atoms with Crippen molar-refractivity contribution in [3.8, 4) is 5.69 Å². The van der Waals surface area contributed by atoms with Gasteiger partial charge >= 0.3 is 5.69 Å². The molecule has 39 heavy (non-hydrogen) atoms. The Balaban J connectivity index is 1.56. The summed E-state index contributed by atoms with van der Waals surface area (Å²) in [5.41, 5.74) is 1.38. The summed E-state index contributed by atoms with van der Waals surface area (Å²) in [6.07, 6.45) is 6.25. The molecule has 0 unspecified atom stereocenters. The van der Waals surface area contributed by atoms with E-state index in [2.05, 4.69) is 25.9 Å². The molecular weight excluding hydrogens is 495 g/mol. The molecule has 2 aromatic carbocycles. The molecule has 2 heterocycles. The average Bonchev–Trinajstić information content (AvgIpc) is 3.24. The Morgan fingerprint density at radius 1 is 1.05 bits per heavy atom. The Bertz CT molecular complexity index is 1590. The van der Waals surface area contributed by atoms with Gasteiger partial charge in [-0.25, -0.2) is 9.18 Å². The van der Waals surface area contributed by atoms with Crippen LogP contribution in [0, 0.1) is 11.7 Å². The number of nitrogens with zero attached hydrogens (tertiary/aromatic N) is 4. The van der Waals surface area contributed by atoms with Gasteiger partial charge in [-0.1, -0.05) is 63.9 Å². The maximum absolute atomic E-state index is 15.7. The highest BCUT2D eigenvalue weighted by atomic mass is 19.1. The van der Waals surface area contributed by atoms with E-state index in [0.717, 1.165) is 35.1 Å². The Kier molecular flexibility index (Phi) is 7.84. The summed E-state index contributed by atoms with van der Waals surface area (Å²) >= 11 is 0. The molecule has 0 saturated heterocycles. The summed E-state index contributed by atoms with van der Waals surface area (Å²) in [7, 11) is 0. The van der Waals surface area contributed by atoms with E-state index in [9.17, 15) is 9.59 Å². The molecule has 0 spiro atoms. The third-order valence-electron chi connectivity index (χ3n) is 8.01. The average molecular weight is 533 g/mol. The number of benzene rings is 2. The van der Waals surface area contributed by atoms with Crippen LogP contribution in [0.1, 0.15) is 82.3 Å². The quantitative estimate of drug-likeness (QED) is 0.275. The number of aromatic nitrogens is 4. The molecule has 0 aliphatic heterocycles. The normalized spacial score (nSPS) is 17.8. The molecule has 1 aliphatic rings. The van der Waals surface area contributed by atoms with Crippen molar-refractivity contribution in [2.75, 3.05) is 0 Å². The van der Waals surface area contributed by atoms with E-state index >= 15 is 4.39 Å². The minimum atomic E-state index is -0.650. The van der Waals surface area contributed by atoms with Gasteiger partial charge in [0, 0.05) is 18.8 Å². The number of hydrogen-bond donors (Lipinski definition) is 0. The summed E-state index contributed by atoms with van der Waals surface area (Å²) < 4.78 is 25.9. The number of halogens is 1. The molecule has 2 aromatic heterocycles. The van der Waals surface area contributed by atoms with E-state index in [1.807, 2.05) is 48.0 Å². The third kappa shape index (κ3) is 5.22. The molecule has 8 heteroatoms. The largest absolute Gasteiger partial charge is 0.369 e. The SMILES string of the molecule is CCn1c(COCc2ccccc2)nn(-c2cc3c(C(C)C)cn([C@@H]4CCCC[C@H]4C)c(=O)c3cc2F)c1=O. The first-order valence-corrected chi connectivity index (χ1v) is 14.0. The predicted molar refractivity (Wildman–Crippen MR) is 151 cm³/mol. The van der Waals surface area contributed by atoms with E-state index in [1.54, 1.807) is 6.07 Å². The zero-order valence-corrected chi connectivity index (χ0v) is 23.2. The lowest BCUT2D eigenvalue weighted by Crippen LogP contribution is -2.31. The minimum absolute atomic E-state index is 0.0362. The Morgan fingerprint density at radius 2 is 1.79 bits per heavy atom. The van der Waals surface area contributed by atoms with E-state index < -0.39 is 11.5 Å². The fourth-order valence-corrected chi connectivity index (χ4v) is 5.83. The van der Waals surface area contributed by atoms with E-state index in [1.165, 1.54) is 17.1 Å². The second-order valence-corrected chi connectivity index (χ2v) is 11.0. The Morgan fingerprint density at radius 3 is 2.49 bits per heavy atom. The van der Waals surface area contributed by atoms with Gasteiger partial charge in [0.05, 0.1) is 12.0 Å². The lowest BCUT2D eigenvalue weighted by atomic mass is 9.85. The van der Waals surface area contributed by atoms with Crippen LogP contribution in [-0.2, 0) is 24.5 Å². The molecule has 5 rings (SSSR count). The highest BCUT2D eigenvalue weighted by molar-refractivity contribution is 5.87. The van der Waals surface area contributed by atoms with Gasteiger partial charge < -0.3 is 9.30 Å². The number of hydrogen-bond acceptors (Lipinski definition) is 4. The highest BCUT2D eigenvalue weighted by Gasteiger charge is 2.26. The third-order valence-corrected chi connectivity index (χ3v) is 8.01. The molecular formula is C31H37FN4O3. The van der Waals surface area contributed by atoms with Gasteiger partial charge in [-0.3, -0.25) is 9.36 Å². The molecule has 1 saturated carbocycles.